The predicted molar refractivity (Wildman–Crippen MR) is 127 cm³/mol. The number of nitrogens with zero attached hydrogens (tertiary/aromatic N) is 2. The number of carbonyl (C=O) groups is 2. The Bertz CT molecular complexity index is 1250. The van der Waals surface area contributed by atoms with Gasteiger partial charge in [0, 0.05) is 35.3 Å². The van der Waals surface area contributed by atoms with Crippen LogP contribution in [-0.2, 0) is 14.9 Å². The Morgan fingerprint density at radius 1 is 0.970 bits per heavy atom. The smallest absolute Gasteiger partial charge is 0.254 e. The fourth-order valence-corrected chi connectivity index (χ4v) is 5.47. The molecule has 2 atom stereocenters. The van der Waals surface area contributed by atoms with Crippen molar-refractivity contribution in [3.8, 4) is 0 Å². The van der Waals surface area contributed by atoms with Crippen LogP contribution in [0.1, 0.15) is 33.8 Å². The largest absolute Gasteiger partial charge is 0.378 e. The lowest BCUT2D eigenvalue weighted by molar-refractivity contribution is -0.119. The molecule has 166 valence electrons. The molecule has 0 radical (unpaired) electrons. The molecule has 0 N–H and O–H groups in total. The average molecular weight is 459 g/mol. The molecule has 0 unspecified atom stereocenters. The number of hydrogen-bond acceptors (Lipinski definition) is 3. The Morgan fingerprint density at radius 3 is 2.52 bits per heavy atom. The van der Waals surface area contributed by atoms with Crippen molar-refractivity contribution in [1.82, 2.24) is 4.90 Å². The summed E-state index contributed by atoms with van der Waals surface area (Å²) in [7, 11) is 0. The van der Waals surface area contributed by atoms with Gasteiger partial charge in [0.2, 0.25) is 5.91 Å². The van der Waals surface area contributed by atoms with Crippen LogP contribution in [0.25, 0.3) is 0 Å². The summed E-state index contributed by atoms with van der Waals surface area (Å²) in [5.74, 6) is 0.159. The molecule has 0 aromatic heterocycles. The maximum absolute atomic E-state index is 14.0. The number of hydrogen-bond donors (Lipinski definition) is 0. The molecule has 6 heteroatoms. The lowest BCUT2D eigenvalue weighted by atomic mass is 9.92. The third-order valence-corrected chi connectivity index (χ3v) is 7.35. The first-order valence-corrected chi connectivity index (χ1v) is 11.6. The highest BCUT2D eigenvalue weighted by Gasteiger charge is 2.67. The third kappa shape index (κ3) is 3.18. The number of halogens is 1. The van der Waals surface area contributed by atoms with E-state index >= 15 is 0 Å². The van der Waals surface area contributed by atoms with Gasteiger partial charge in [-0.05, 0) is 53.9 Å². The quantitative estimate of drug-likeness (QED) is 0.560. The summed E-state index contributed by atoms with van der Waals surface area (Å²) in [5.41, 5.74) is 3.83. The van der Waals surface area contributed by atoms with Crippen LogP contribution in [0, 0.1) is 0 Å². The number of fused-ring (bicyclic) bond motifs is 2. The molecule has 1 aliphatic carbocycles. The zero-order valence-corrected chi connectivity index (χ0v) is 18.8. The van der Waals surface area contributed by atoms with Gasteiger partial charge in [-0.2, -0.15) is 0 Å². The molecule has 1 spiro atoms. The number of morpholine rings is 1. The maximum Gasteiger partial charge on any atom is 0.254 e. The Balaban J connectivity index is 1.37. The van der Waals surface area contributed by atoms with E-state index in [4.69, 9.17) is 16.3 Å². The lowest BCUT2D eigenvalue weighted by Gasteiger charge is -2.27. The average Bonchev–Trinajstić information content (AvgIpc) is 3.56. The summed E-state index contributed by atoms with van der Waals surface area (Å²) >= 11 is 6.08. The minimum absolute atomic E-state index is 0.0275. The highest BCUT2D eigenvalue weighted by Crippen LogP contribution is 2.67. The van der Waals surface area contributed by atoms with E-state index in [0.717, 1.165) is 28.9 Å². The van der Waals surface area contributed by atoms with Crippen molar-refractivity contribution in [2.24, 2.45) is 0 Å². The van der Waals surface area contributed by atoms with Crippen molar-refractivity contribution in [2.45, 2.75) is 17.8 Å². The molecule has 3 aromatic carbocycles. The second kappa shape index (κ2) is 7.72. The van der Waals surface area contributed by atoms with E-state index in [1.807, 2.05) is 66.7 Å². The van der Waals surface area contributed by atoms with Crippen LogP contribution in [0.3, 0.4) is 0 Å². The predicted octanol–water partition coefficient (Wildman–Crippen LogP) is 4.92. The SMILES string of the molecule is O=C(c1cccc(N2C(=O)[C@@]3(C[C@@H]3c3ccc(Cl)cc3)c3ccccc32)c1)N1CCOCC1. The van der Waals surface area contributed by atoms with E-state index in [0.29, 0.717) is 36.9 Å². The zero-order valence-electron chi connectivity index (χ0n) is 18.0. The minimum atomic E-state index is -0.561. The van der Waals surface area contributed by atoms with Gasteiger partial charge in [0.25, 0.3) is 5.91 Å². The first kappa shape index (κ1) is 20.5. The van der Waals surface area contributed by atoms with Crippen molar-refractivity contribution in [3.63, 3.8) is 0 Å². The van der Waals surface area contributed by atoms with Gasteiger partial charge in [-0.3, -0.25) is 14.5 Å². The molecule has 1 saturated carbocycles. The van der Waals surface area contributed by atoms with Gasteiger partial charge >= 0.3 is 0 Å². The lowest BCUT2D eigenvalue weighted by Crippen LogP contribution is -2.40. The Morgan fingerprint density at radius 2 is 1.73 bits per heavy atom. The molecule has 2 heterocycles. The fourth-order valence-electron chi connectivity index (χ4n) is 5.35. The van der Waals surface area contributed by atoms with E-state index in [2.05, 4.69) is 6.07 Å². The first-order valence-electron chi connectivity index (χ1n) is 11.3. The summed E-state index contributed by atoms with van der Waals surface area (Å²) in [4.78, 5) is 30.6. The van der Waals surface area contributed by atoms with Crippen LogP contribution in [0.15, 0.2) is 72.8 Å². The van der Waals surface area contributed by atoms with Crippen molar-refractivity contribution in [1.29, 1.82) is 0 Å². The first-order chi connectivity index (χ1) is 16.1. The highest BCUT2D eigenvalue weighted by atomic mass is 35.5. The Kier molecular flexibility index (Phi) is 4.78. The summed E-state index contributed by atoms with van der Waals surface area (Å²) in [5, 5.41) is 0.690. The van der Waals surface area contributed by atoms with Gasteiger partial charge in [0.05, 0.1) is 24.3 Å². The molecule has 2 aliphatic heterocycles. The molecule has 6 rings (SSSR count). The second-order valence-electron chi connectivity index (χ2n) is 8.89. The molecule has 3 aromatic rings. The minimum Gasteiger partial charge on any atom is -0.378 e. The van der Waals surface area contributed by atoms with Crippen LogP contribution < -0.4 is 4.90 Å². The number of rotatable bonds is 3. The topological polar surface area (TPSA) is 49.9 Å². The number of anilines is 2. The second-order valence-corrected chi connectivity index (χ2v) is 9.33. The summed E-state index contributed by atoms with van der Waals surface area (Å²) in [6, 6.07) is 23.2. The van der Waals surface area contributed by atoms with E-state index in [1.165, 1.54) is 0 Å². The molecular formula is C27H23ClN2O3. The Labute approximate surface area is 197 Å². The Hall–Kier alpha value is -3.15. The summed E-state index contributed by atoms with van der Waals surface area (Å²) in [6.45, 7) is 2.27. The summed E-state index contributed by atoms with van der Waals surface area (Å²) < 4.78 is 5.37. The molecule has 3 aliphatic rings. The molecule has 2 amide bonds. The van der Waals surface area contributed by atoms with E-state index in [9.17, 15) is 9.59 Å². The molecule has 33 heavy (non-hydrogen) atoms. The van der Waals surface area contributed by atoms with Gasteiger partial charge in [-0.25, -0.2) is 0 Å². The molecule has 2 fully saturated rings. The van der Waals surface area contributed by atoms with E-state index < -0.39 is 5.41 Å². The highest BCUT2D eigenvalue weighted by molar-refractivity contribution is 6.30. The summed E-state index contributed by atoms with van der Waals surface area (Å²) in [6.07, 6.45) is 0.771. The van der Waals surface area contributed by atoms with Gasteiger partial charge in [-0.1, -0.05) is 48.0 Å². The van der Waals surface area contributed by atoms with E-state index in [1.54, 1.807) is 9.80 Å². The van der Waals surface area contributed by atoms with Crippen molar-refractivity contribution in [2.75, 3.05) is 31.2 Å². The third-order valence-electron chi connectivity index (χ3n) is 7.09. The molecular weight excluding hydrogens is 436 g/mol. The van der Waals surface area contributed by atoms with Crippen LogP contribution in [0.5, 0.6) is 0 Å². The number of para-hydroxylation sites is 1. The zero-order chi connectivity index (χ0) is 22.6. The van der Waals surface area contributed by atoms with Crippen LogP contribution in [0.4, 0.5) is 11.4 Å². The van der Waals surface area contributed by atoms with Gasteiger partial charge in [0.15, 0.2) is 0 Å². The maximum atomic E-state index is 14.0. The van der Waals surface area contributed by atoms with Gasteiger partial charge in [0.1, 0.15) is 0 Å². The van der Waals surface area contributed by atoms with Gasteiger partial charge in [-0.15, -0.1) is 0 Å². The number of ether oxygens (including phenoxy) is 1. The molecule has 0 bridgehead atoms. The van der Waals surface area contributed by atoms with Crippen LogP contribution in [0.2, 0.25) is 5.02 Å². The number of amides is 2. The molecule has 1 saturated heterocycles. The van der Waals surface area contributed by atoms with E-state index in [-0.39, 0.29) is 17.7 Å². The monoisotopic (exact) mass is 458 g/mol. The van der Waals surface area contributed by atoms with Crippen molar-refractivity contribution >= 4 is 34.8 Å². The number of benzene rings is 3. The fraction of sp³-hybridized carbons (Fsp3) is 0.259. The van der Waals surface area contributed by atoms with Crippen LogP contribution in [-0.4, -0.2) is 43.0 Å². The normalized spacial score (nSPS) is 23.7. The van der Waals surface area contributed by atoms with Gasteiger partial charge < -0.3 is 9.64 Å². The number of carbonyl (C=O) groups excluding carboxylic acids is 2. The van der Waals surface area contributed by atoms with Crippen molar-refractivity contribution in [3.05, 3.63) is 94.5 Å². The standard InChI is InChI=1S/C27H23ClN2O3/c28-20-10-8-18(9-11-20)23-17-27(23)22-6-1-2-7-24(22)30(26(27)32)21-5-3-4-19(16-21)25(31)29-12-14-33-15-13-29/h1-11,16,23H,12-15,17H2/t23-,27+/m1/s1. The molecule has 5 nitrogen and oxygen atoms in total. The van der Waals surface area contributed by atoms with Crippen molar-refractivity contribution < 1.29 is 14.3 Å². The van der Waals surface area contributed by atoms with Crippen LogP contribution >= 0.6 is 11.6 Å².